The second-order valence-electron chi connectivity index (χ2n) is 4.30. The quantitative estimate of drug-likeness (QED) is 0.825. The Bertz CT molecular complexity index is 647. The van der Waals surface area contributed by atoms with Crippen molar-refractivity contribution in [1.82, 2.24) is 9.97 Å². The van der Waals surface area contributed by atoms with Gasteiger partial charge in [0.05, 0.1) is 5.69 Å². The van der Waals surface area contributed by atoms with Crippen LogP contribution in [-0.2, 0) is 6.42 Å². The molecule has 0 fully saturated rings. The largest absolute Gasteiger partial charge is 0.343 e. The number of H-pyrrole nitrogens is 1. The Hall–Kier alpha value is -1.55. The van der Waals surface area contributed by atoms with Crippen molar-refractivity contribution in [2.24, 2.45) is 0 Å². The van der Waals surface area contributed by atoms with Crippen molar-refractivity contribution in [2.75, 3.05) is 0 Å². The number of aromatic amines is 1. The molecule has 0 saturated heterocycles. The van der Waals surface area contributed by atoms with Gasteiger partial charge in [0.15, 0.2) is 0 Å². The number of hydrogen-bond donors (Lipinski definition) is 1. The summed E-state index contributed by atoms with van der Waals surface area (Å²) in [5.74, 6) is 0.577. The van der Waals surface area contributed by atoms with Crippen molar-refractivity contribution in [1.29, 1.82) is 0 Å². The summed E-state index contributed by atoms with van der Waals surface area (Å²) >= 11 is 5.25. The third-order valence-electron chi connectivity index (χ3n) is 3.01. The fraction of sp³-hybridized carbons (Fsp3) is 0.286. The van der Waals surface area contributed by atoms with Crippen molar-refractivity contribution >= 4 is 12.2 Å². The van der Waals surface area contributed by atoms with Crippen molar-refractivity contribution in [3.8, 4) is 11.3 Å². The van der Waals surface area contributed by atoms with E-state index >= 15 is 0 Å². The van der Waals surface area contributed by atoms with Crippen molar-refractivity contribution in [3.05, 3.63) is 45.6 Å². The molecule has 0 bridgehead atoms. The van der Waals surface area contributed by atoms with Gasteiger partial charge in [0.1, 0.15) is 16.3 Å². The Morgan fingerprint density at radius 2 is 2.06 bits per heavy atom. The Labute approximate surface area is 111 Å². The van der Waals surface area contributed by atoms with Gasteiger partial charge in [0, 0.05) is 17.5 Å². The minimum absolute atomic E-state index is 0.246. The minimum atomic E-state index is -0.246. The molecule has 0 amide bonds. The van der Waals surface area contributed by atoms with Crippen LogP contribution in [0.1, 0.15) is 23.9 Å². The first kappa shape index (κ1) is 12.9. The van der Waals surface area contributed by atoms with Crippen LogP contribution in [0.4, 0.5) is 4.39 Å². The van der Waals surface area contributed by atoms with Gasteiger partial charge in [0.2, 0.25) is 0 Å². The second kappa shape index (κ2) is 4.98. The highest BCUT2D eigenvalue weighted by molar-refractivity contribution is 7.71. The van der Waals surface area contributed by atoms with Crippen LogP contribution < -0.4 is 0 Å². The van der Waals surface area contributed by atoms with Crippen LogP contribution in [0.15, 0.2) is 18.2 Å². The molecule has 1 N–H and O–H groups in total. The number of nitrogens with one attached hydrogen (secondary N) is 1. The highest BCUT2D eigenvalue weighted by Crippen LogP contribution is 2.26. The summed E-state index contributed by atoms with van der Waals surface area (Å²) in [7, 11) is 0. The lowest BCUT2D eigenvalue weighted by molar-refractivity contribution is 0.628. The summed E-state index contributed by atoms with van der Waals surface area (Å²) in [6.07, 6.45) is 0.769. The summed E-state index contributed by atoms with van der Waals surface area (Å²) in [6.45, 7) is 5.87. The molecule has 0 aliphatic rings. The van der Waals surface area contributed by atoms with E-state index in [-0.39, 0.29) is 5.82 Å². The van der Waals surface area contributed by atoms with Gasteiger partial charge >= 0.3 is 0 Å². The molecule has 1 heterocycles. The molecule has 2 aromatic rings. The number of aromatic nitrogens is 2. The molecule has 18 heavy (non-hydrogen) atoms. The SMILES string of the molecule is CCc1nc(=S)c(C)c(-c2cc(F)ccc2C)[nH]1. The van der Waals surface area contributed by atoms with E-state index in [4.69, 9.17) is 12.2 Å². The van der Waals surface area contributed by atoms with Crippen molar-refractivity contribution < 1.29 is 4.39 Å². The number of nitrogens with zero attached hydrogens (tertiary/aromatic N) is 1. The zero-order valence-electron chi connectivity index (χ0n) is 10.7. The minimum Gasteiger partial charge on any atom is -0.343 e. The van der Waals surface area contributed by atoms with E-state index in [1.165, 1.54) is 12.1 Å². The molecule has 0 spiro atoms. The predicted octanol–water partition coefficient (Wildman–Crippen LogP) is 4.12. The molecule has 0 unspecified atom stereocenters. The van der Waals surface area contributed by atoms with Gasteiger partial charge in [-0.3, -0.25) is 0 Å². The van der Waals surface area contributed by atoms with Gasteiger partial charge in [-0.25, -0.2) is 9.37 Å². The lowest BCUT2D eigenvalue weighted by Gasteiger charge is -2.11. The third kappa shape index (κ3) is 2.34. The molecule has 0 radical (unpaired) electrons. The van der Waals surface area contributed by atoms with Gasteiger partial charge in [-0.1, -0.05) is 25.2 Å². The topological polar surface area (TPSA) is 28.7 Å². The number of aryl methyl sites for hydroxylation is 2. The van der Waals surface area contributed by atoms with Gasteiger partial charge in [-0.15, -0.1) is 0 Å². The van der Waals surface area contributed by atoms with Gasteiger partial charge in [-0.05, 0) is 31.5 Å². The molecule has 94 valence electrons. The molecule has 0 saturated carbocycles. The van der Waals surface area contributed by atoms with Crippen LogP contribution in [0.3, 0.4) is 0 Å². The van der Waals surface area contributed by atoms with Crippen LogP contribution in [0.2, 0.25) is 0 Å². The maximum Gasteiger partial charge on any atom is 0.133 e. The predicted molar refractivity (Wildman–Crippen MR) is 73.7 cm³/mol. The number of halogens is 1. The number of rotatable bonds is 2. The molecule has 1 aromatic carbocycles. The maximum atomic E-state index is 13.4. The lowest BCUT2D eigenvalue weighted by Crippen LogP contribution is -2.00. The molecular weight excluding hydrogens is 247 g/mol. The van der Waals surface area contributed by atoms with Crippen LogP contribution in [-0.4, -0.2) is 9.97 Å². The van der Waals surface area contributed by atoms with Gasteiger partial charge in [-0.2, -0.15) is 0 Å². The highest BCUT2D eigenvalue weighted by atomic mass is 32.1. The standard InChI is InChI=1S/C14H15FN2S/c1-4-12-16-13(9(3)14(18)17-12)11-7-10(15)6-5-8(11)2/h5-7H,4H2,1-3H3,(H,16,17,18). The smallest absolute Gasteiger partial charge is 0.133 e. The van der Waals surface area contributed by atoms with Crippen molar-refractivity contribution in [2.45, 2.75) is 27.2 Å². The molecule has 0 aliphatic carbocycles. The van der Waals surface area contributed by atoms with E-state index in [1.54, 1.807) is 6.07 Å². The number of benzene rings is 1. The molecule has 0 aliphatic heterocycles. The van der Waals surface area contributed by atoms with Gasteiger partial charge in [0.25, 0.3) is 0 Å². The fourth-order valence-electron chi connectivity index (χ4n) is 1.88. The molecule has 2 nitrogen and oxygen atoms in total. The van der Waals surface area contributed by atoms with E-state index in [9.17, 15) is 4.39 Å². The molecular formula is C14H15FN2S. The normalized spacial score (nSPS) is 10.7. The first-order valence-electron chi connectivity index (χ1n) is 5.89. The first-order chi connectivity index (χ1) is 8.52. The Morgan fingerprint density at radius 1 is 1.33 bits per heavy atom. The summed E-state index contributed by atoms with van der Waals surface area (Å²) in [5, 5.41) is 0. The molecule has 4 heteroatoms. The van der Waals surface area contributed by atoms with E-state index in [2.05, 4.69) is 9.97 Å². The zero-order chi connectivity index (χ0) is 13.3. The summed E-state index contributed by atoms with van der Waals surface area (Å²) in [4.78, 5) is 7.54. The summed E-state index contributed by atoms with van der Waals surface area (Å²) in [6, 6.07) is 4.76. The Balaban J connectivity index is 2.74. The van der Waals surface area contributed by atoms with Crippen LogP contribution >= 0.6 is 12.2 Å². The summed E-state index contributed by atoms with van der Waals surface area (Å²) < 4.78 is 14.0. The monoisotopic (exact) mass is 262 g/mol. The van der Waals surface area contributed by atoms with E-state index < -0.39 is 0 Å². The first-order valence-corrected chi connectivity index (χ1v) is 6.30. The van der Waals surface area contributed by atoms with Crippen LogP contribution in [0, 0.1) is 24.3 Å². The maximum absolute atomic E-state index is 13.4. The zero-order valence-corrected chi connectivity index (χ0v) is 11.5. The Kier molecular flexibility index (Phi) is 3.57. The molecule has 0 atom stereocenters. The highest BCUT2D eigenvalue weighted by Gasteiger charge is 2.10. The average molecular weight is 262 g/mol. The van der Waals surface area contributed by atoms with Crippen LogP contribution in [0.5, 0.6) is 0 Å². The fourth-order valence-corrected chi connectivity index (χ4v) is 2.09. The van der Waals surface area contributed by atoms with E-state index in [0.29, 0.717) is 4.64 Å². The second-order valence-corrected chi connectivity index (χ2v) is 4.69. The van der Waals surface area contributed by atoms with Crippen LogP contribution in [0.25, 0.3) is 11.3 Å². The Morgan fingerprint density at radius 3 is 2.72 bits per heavy atom. The van der Waals surface area contributed by atoms with Crippen molar-refractivity contribution in [3.63, 3.8) is 0 Å². The summed E-state index contributed by atoms with van der Waals surface area (Å²) in [5.41, 5.74) is 3.61. The third-order valence-corrected chi connectivity index (χ3v) is 3.40. The average Bonchev–Trinajstić information content (AvgIpc) is 2.35. The van der Waals surface area contributed by atoms with E-state index in [0.717, 1.165) is 34.6 Å². The van der Waals surface area contributed by atoms with E-state index in [1.807, 2.05) is 20.8 Å². The molecule has 1 aromatic heterocycles. The number of hydrogen-bond acceptors (Lipinski definition) is 2. The molecule has 2 rings (SSSR count). The lowest BCUT2D eigenvalue weighted by atomic mass is 10.0. The van der Waals surface area contributed by atoms with Gasteiger partial charge < -0.3 is 4.98 Å².